The van der Waals surface area contributed by atoms with E-state index in [4.69, 9.17) is 4.74 Å². The molecule has 2 aliphatic heterocycles. The zero-order valence-electron chi connectivity index (χ0n) is 16.7. The maximum atomic E-state index is 12.9. The van der Waals surface area contributed by atoms with Gasteiger partial charge in [-0.05, 0) is 30.9 Å². The number of piperazine rings is 1. The second kappa shape index (κ2) is 9.15. The second-order valence-corrected chi connectivity index (χ2v) is 7.94. The SMILES string of the molecule is N#CC(C(=O)OCC1CCCCC1)=C1Nc2ccccc2C=C1N1CCNCC1. The van der Waals surface area contributed by atoms with Gasteiger partial charge in [-0.15, -0.1) is 0 Å². The van der Waals surface area contributed by atoms with Gasteiger partial charge in [0.2, 0.25) is 0 Å². The molecule has 29 heavy (non-hydrogen) atoms. The molecular weight excluding hydrogens is 364 g/mol. The third-order valence-corrected chi connectivity index (χ3v) is 5.97. The number of ether oxygens (including phenoxy) is 1. The number of nitrogens with one attached hydrogen (secondary N) is 2. The van der Waals surface area contributed by atoms with Gasteiger partial charge < -0.3 is 20.3 Å². The van der Waals surface area contributed by atoms with Crippen molar-refractivity contribution in [1.82, 2.24) is 10.2 Å². The van der Waals surface area contributed by atoms with Crippen molar-refractivity contribution in [2.45, 2.75) is 32.1 Å². The Labute approximate surface area is 172 Å². The van der Waals surface area contributed by atoms with Crippen LogP contribution in [-0.2, 0) is 9.53 Å². The minimum Gasteiger partial charge on any atom is -0.461 e. The zero-order chi connectivity index (χ0) is 20.1. The summed E-state index contributed by atoms with van der Waals surface area (Å²) in [6.45, 7) is 3.81. The topological polar surface area (TPSA) is 77.4 Å². The molecule has 0 unspecified atom stereocenters. The lowest BCUT2D eigenvalue weighted by Crippen LogP contribution is -2.44. The van der Waals surface area contributed by atoms with Gasteiger partial charge in [-0.2, -0.15) is 5.26 Å². The highest BCUT2D eigenvalue weighted by atomic mass is 16.5. The van der Waals surface area contributed by atoms with Crippen LogP contribution in [0.25, 0.3) is 6.08 Å². The van der Waals surface area contributed by atoms with Gasteiger partial charge in [-0.3, -0.25) is 0 Å². The smallest absolute Gasteiger partial charge is 0.351 e. The molecule has 0 bridgehead atoms. The predicted octanol–water partition coefficient (Wildman–Crippen LogP) is 3.26. The van der Waals surface area contributed by atoms with Crippen LogP contribution in [-0.4, -0.2) is 43.7 Å². The molecule has 0 aromatic heterocycles. The average molecular weight is 393 g/mol. The van der Waals surface area contributed by atoms with E-state index in [0.29, 0.717) is 18.2 Å². The number of rotatable bonds is 4. The number of esters is 1. The van der Waals surface area contributed by atoms with Crippen molar-refractivity contribution in [3.8, 4) is 6.07 Å². The van der Waals surface area contributed by atoms with Gasteiger partial charge >= 0.3 is 5.97 Å². The second-order valence-electron chi connectivity index (χ2n) is 7.94. The molecule has 6 heteroatoms. The fraction of sp³-hybridized carbons (Fsp3) is 0.478. The van der Waals surface area contributed by atoms with Crippen molar-refractivity contribution < 1.29 is 9.53 Å². The molecule has 0 radical (unpaired) electrons. The number of benzene rings is 1. The summed E-state index contributed by atoms with van der Waals surface area (Å²) in [5.41, 5.74) is 3.45. The Kier molecular flexibility index (Phi) is 6.16. The van der Waals surface area contributed by atoms with Gasteiger partial charge in [0.15, 0.2) is 5.57 Å². The lowest BCUT2D eigenvalue weighted by Gasteiger charge is -2.35. The number of anilines is 1. The average Bonchev–Trinajstić information content (AvgIpc) is 2.79. The summed E-state index contributed by atoms with van der Waals surface area (Å²) < 4.78 is 5.59. The van der Waals surface area contributed by atoms with E-state index < -0.39 is 5.97 Å². The van der Waals surface area contributed by atoms with E-state index in [-0.39, 0.29) is 5.57 Å². The van der Waals surface area contributed by atoms with E-state index in [2.05, 4.69) is 27.7 Å². The van der Waals surface area contributed by atoms with Crippen molar-refractivity contribution in [1.29, 1.82) is 5.26 Å². The van der Waals surface area contributed by atoms with Crippen molar-refractivity contribution in [3.63, 3.8) is 0 Å². The summed E-state index contributed by atoms with van der Waals surface area (Å²) in [5, 5.41) is 16.5. The standard InChI is InChI=1S/C23H28N4O2/c24-15-19(23(28)29-16-17-6-2-1-3-7-17)22-21(27-12-10-25-11-13-27)14-18-8-4-5-9-20(18)26-22/h4-5,8-9,14,17,25-26H,1-3,6-7,10-13,16H2. The Morgan fingerprint density at radius 1 is 1.17 bits per heavy atom. The molecule has 0 atom stereocenters. The van der Waals surface area contributed by atoms with Crippen molar-refractivity contribution in [3.05, 3.63) is 46.8 Å². The van der Waals surface area contributed by atoms with Crippen LogP contribution in [0.5, 0.6) is 0 Å². The zero-order valence-corrected chi connectivity index (χ0v) is 16.7. The van der Waals surface area contributed by atoms with Gasteiger partial charge in [0.1, 0.15) is 6.07 Å². The van der Waals surface area contributed by atoms with Gasteiger partial charge in [-0.25, -0.2) is 4.79 Å². The van der Waals surface area contributed by atoms with Crippen LogP contribution in [0.4, 0.5) is 5.69 Å². The van der Waals surface area contributed by atoms with Crippen LogP contribution < -0.4 is 10.6 Å². The summed E-state index contributed by atoms with van der Waals surface area (Å²) in [7, 11) is 0. The van der Waals surface area contributed by atoms with Crippen LogP contribution in [0.1, 0.15) is 37.7 Å². The highest BCUT2D eigenvalue weighted by Gasteiger charge is 2.28. The molecule has 1 saturated carbocycles. The third kappa shape index (κ3) is 4.46. The molecule has 3 aliphatic rings. The maximum absolute atomic E-state index is 12.9. The first kappa shape index (κ1) is 19.5. The molecule has 4 rings (SSSR count). The number of carbonyl (C=O) groups is 1. The first-order chi connectivity index (χ1) is 14.3. The van der Waals surface area contributed by atoms with E-state index in [1.165, 1.54) is 19.3 Å². The summed E-state index contributed by atoms with van der Waals surface area (Å²) in [4.78, 5) is 15.1. The lowest BCUT2D eigenvalue weighted by molar-refractivity contribution is -0.140. The van der Waals surface area contributed by atoms with Crippen LogP contribution in [0.15, 0.2) is 41.2 Å². The molecule has 152 valence electrons. The number of nitriles is 1. The highest BCUT2D eigenvalue weighted by molar-refractivity contribution is 5.97. The van der Waals surface area contributed by atoms with Gasteiger partial charge in [0.25, 0.3) is 0 Å². The molecule has 2 N–H and O–H groups in total. The van der Waals surface area contributed by atoms with Crippen LogP contribution in [0.3, 0.4) is 0 Å². The molecule has 1 aromatic carbocycles. The number of nitrogens with zero attached hydrogens (tertiary/aromatic N) is 2. The molecule has 0 spiro atoms. The Hall–Kier alpha value is -2.78. The molecule has 1 aromatic rings. The molecule has 1 aliphatic carbocycles. The van der Waals surface area contributed by atoms with Crippen LogP contribution in [0, 0.1) is 17.2 Å². The monoisotopic (exact) mass is 392 g/mol. The van der Waals surface area contributed by atoms with Crippen LogP contribution in [0.2, 0.25) is 0 Å². The van der Waals surface area contributed by atoms with Crippen molar-refractivity contribution in [2.75, 3.05) is 38.1 Å². The molecule has 0 amide bonds. The maximum Gasteiger partial charge on any atom is 0.351 e. The molecule has 2 heterocycles. The minimum atomic E-state index is -0.527. The number of hydrogen-bond acceptors (Lipinski definition) is 6. The van der Waals surface area contributed by atoms with Crippen molar-refractivity contribution in [2.24, 2.45) is 5.92 Å². The summed E-state index contributed by atoms with van der Waals surface area (Å²) in [6, 6.07) is 10.1. The summed E-state index contributed by atoms with van der Waals surface area (Å²) >= 11 is 0. The first-order valence-electron chi connectivity index (χ1n) is 10.6. The fourth-order valence-electron chi connectivity index (χ4n) is 4.32. The number of fused-ring (bicyclic) bond motifs is 1. The largest absolute Gasteiger partial charge is 0.461 e. The summed E-state index contributed by atoms with van der Waals surface area (Å²) in [5.74, 6) is -0.109. The lowest BCUT2D eigenvalue weighted by atomic mass is 9.90. The minimum absolute atomic E-state index is 0.0556. The quantitative estimate of drug-likeness (QED) is 0.465. The van der Waals surface area contributed by atoms with Crippen molar-refractivity contribution >= 4 is 17.7 Å². The van der Waals surface area contributed by atoms with E-state index in [1.807, 2.05) is 24.3 Å². The molecule has 1 saturated heterocycles. The Balaban J connectivity index is 1.61. The molecule has 2 fully saturated rings. The van der Waals surface area contributed by atoms with E-state index in [1.54, 1.807) is 0 Å². The fourth-order valence-corrected chi connectivity index (χ4v) is 4.32. The first-order valence-corrected chi connectivity index (χ1v) is 10.6. The van der Waals surface area contributed by atoms with Gasteiger partial charge in [0.05, 0.1) is 18.0 Å². The highest BCUT2D eigenvalue weighted by Crippen LogP contribution is 2.33. The Morgan fingerprint density at radius 3 is 2.69 bits per heavy atom. The van der Waals surface area contributed by atoms with E-state index in [9.17, 15) is 10.1 Å². The normalized spacial score (nSPS) is 21.3. The van der Waals surface area contributed by atoms with Gasteiger partial charge in [-0.1, -0.05) is 37.5 Å². The molecular formula is C23H28N4O2. The third-order valence-electron chi connectivity index (χ3n) is 5.97. The Morgan fingerprint density at radius 2 is 1.93 bits per heavy atom. The number of hydrogen-bond donors (Lipinski definition) is 2. The van der Waals surface area contributed by atoms with Gasteiger partial charge in [0, 0.05) is 37.4 Å². The predicted molar refractivity (Wildman–Crippen MR) is 113 cm³/mol. The van der Waals surface area contributed by atoms with E-state index in [0.717, 1.165) is 56.0 Å². The Bertz CT molecular complexity index is 856. The van der Waals surface area contributed by atoms with E-state index >= 15 is 0 Å². The number of carbonyl (C=O) groups excluding carboxylic acids is 1. The molecule has 6 nitrogen and oxygen atoms in total. The number of para-hydroxylation sites is 1. The summed E-state index contributed by atoms with van der Waals surface area (Å²) in [6.07, 6.45) is 7.93. The van der Waals surface area contributed by atoms with Crippen LogP contribution >= 0.6 is 0 Å².